The molecule has 9 heteroatoms. The van der Waals surface area contributed by atoms with E-state index in [2.05, 4.69) is 10.4 Å². The van der Waals surface area contributed by atoms with Crippen molar-refractivity contribution in [2.75, 3.05) is 13.7 Å². The first-order chi connectivity index (χ1) is 15.2. The van der Waals surface area contributed by atoms with Crippen LogP contribution < -0.4 is 10.1 Å². The third-order valence-corrected chi connectivity index (χ3v) is 5.41. The summed E-state index contributed by atoms with van der Waals surface area (Å²) >= 11 is 1.45. The zero-order valence-electron chi connectivity index (χ0n) is 17.2. The van der Waals surface area contributed by atoms with E-state index in [1.165, 1.54) is 17.5 Å². The molecule has 0 bridgehead atoms. The number of hydrogen-bond acceptors (Lipinski definition) is 8. The Hall–Kier alpha value is -3.43. The zero-order chi connectivity index (χ0) is 21.6. The van der Waals surface area contributed by atoms with Crippen molar-refractivity contribution in [3.05, 3.63) is 71.3 Å². The molecule has 3 heterocycles. The highest BCUT2D eigenvalue weighted by Gasteiger charge is 2.21. The maximum Gasteiger partial charge on any atom is 0.341 e. The standard InChI is InChI=1S/C22H22N4O4S/c1-3-29-21(27)18-12-24-26(20(18)13-23-11-17-5-4-10-30-17)22-25-19(14-31-22)15-6-8-16(28-2)9-7-15/h4-10,12,14,23H,3,11,13H2,1-2H3. The molecule has 31 heavy (non-hydrogen) atoms. The van der Waals surface area contributed by atoms with E-state index in [1.807, 2.05) is 41.8 Å². The monoisotopic (exact) mass is 438 g/mol. The van der Waals surface area contributed by atoms with Crippen molar-refractivity contribution in [2.45, 2.75) is 20.0 Å². The quantitative estimate of drug-likeness (QED) is 0.394. The molecule has 0 amide bonds. The molecule has 0 unspecified atom stereocenters. The number of ether oxygens (including phenoxy) is 2. The molecule has 0 saturated carbocycles. The van der Waals surface area contributed by atoms with Gasteiger partial charge in [-0.2, -0.15) is 5.10 Å². The minimum Gasteiger partial charge on any atom is -0.497 e. The van der Waals surface area contributed by atoms with Crippen LogP contribution in [0.5, 0.6) is 5.75 Å². The normalized spacial score (nSPS) is 10.9. The third-order valence-electron chi connectivity index (χ3n) is 4.60. The number of thiazole rings is 1. The molecule has 0 aliphatic carbocycles. The van der Waals surface area contributed by atoms with Crippen molar-refractivity contribution in [3.63, 3.8) is 0 Å². The van der Waals surface area contributed by atoms with Gasteiger partial charge in [-0.05, 0) is 43.3 Å². The highest BCUT2D eigenvalue weighted by molar-refractivity contribution is 7.12. The maximum absolute atomic E-state index is 12.4. The van der Waals surface area contributed by atoms with Gasteiger partial charge in [-0.1, -0.05) is 0 Å². The van der Waals surface area contributed by atoms with E-state index >= 15 is 0 Å². The number of aromatic nitrogens is 3. The van der Waals surface area contributed by atoms with Crippen LogP contribution in [0, 0.1) is 0 Å². The van der Waals surface area contributed by atoms with Gasteiger partial charge < -0.3 is 19.2 Å². The molecule has 8 nitrogen and oxygen atoms in total. The fourth-order valence-electron chi connectivity index (χ4n) is 3.06. The molecule has 1 aromatic carbocycles. The van der Waals surface area contributed by atoms with E-state index in [0.29, 0.717) is 36.1 Å². The number of benzene rings is 1. The lowest BCUT2D eigenvalue weighted by molar-refractivity contribution is 0.0525. The highest BCUT2D eigenvalue weighted by atomic mass is 32.1. The molecule has 0 radical (unpaired) electrons. The molecule has 4 aromatic rings. The van der Waals surface area contributed by atoms with Gasteiger partial charge in [0, 0.05) is 17.5 Å². The maximum atomic E-state index is 12.4. The van der Waals surface area contributed by atoms with E-state index in [-0.39, 0.29) is 0 Å². The summed E-state index contributed by atoms with van der Waals surface area (Å²) < 4.78 is 17.5. The van der Waals surface area contributed by atoms with Gasteiger partial charge in [0.1, 0.15) is 17.1 Å². The fourth-order valence-corrected chi connectivity index (χ4v) is 3.88. The number of rotatable bonds is 9. The number of esters is 1. The number of nitrogens with zero attached hydrogens (tertiary/aromatic N) is 3. The van der Waals surface area contributed by atoms with Gasteiger partial charge in [0.05, 0.1) is 44.1 Å². The molecule has 0 aliphatic heterocycles. The van der Waals surface area contributed by atoms with E-state index in [1.54, 1.807) is 25.0 Å². The van der Waals surface area contributed by atoms with Crippen molar-refractivity contribution >= 4 is 17.3 Å². The molecular weight excluding hydrogens is 416 g/mol. The van der Waals surface area contributed by atoms with E-state index in [0.717, 1.165) is 22.8 Å². The van der Waals surface area contributed by atoms with Crippen LogP contribution in [0.2, 0.25) is 0 Å². The number of furan rings is 1. The zero-order valence-corrected chi connectivity index (χ0v) is 18.0. The van der Waals surface area contributed by atoms with Crippen LogP contribution >= 0.6 is 11.3 Å². The Balaban J connectivity index is 1.60. The Morgan fingerprint density at radius 3 is 2.77 bits per heavy atom. The molecule has 1 N–H and O–H groups in total. The molecule has 4 rings (SSSR count). The third kappa shape index (κ3) is 4.68. The first-order valence-electron chi connectivity index (χ1n) is 9.77. The molecule has 3 aromatic heterocycles. The number of carbonyl (C=O) groups is 1. The number of nitrogens with one attached hydrogen (secondary N) is 1. The van der Waals surface area contributed by atoms with Crippen molar-refractivity contribution in [3.8, 4) is 22.1 Å². The topological polar surface area (TPSA) is 91.4 Å². The fraction of sp³-hybridized carbons (Fsp3) is 0.227. The van der Waals surface area contributed by atoms with Crippen molar-refractivity contribution in [1.82, 2.24) is 20.1 Å². The smallest absolute Gasteiger partial charge is 0.341 e. The Kier molecular flexibility index (Phi) is 6.44. The Morgan fingerprint density at radius 1 is 1.23 bits per heavy atom. The molecule has 0 spiro atoms. The van der Waals surface area contributed by atoms with Crippen LogP contribution in [0.4, 0.5) is 0 Å². The van der Waals surface area contributed by atoms with E-state index in [9.17, 15) is 4.79 Å². The number of methoxy groups -OCH3 is 1. The van der Waals surface area contributed by atoms with Crippen molar-refractivity contribution in [2.24, 2.45) is 0 Å². The van der Waals surface area contributed by atoms with Crippen molar-refractivity contribution in [1.29, 1.82) is 0 Å². The summed E-state index contributed by atoms with van der Waals surface area (Å²) in [6.07, 6.45) is 3.15. The second-order valence-electron chi connectivity index (χ2n) is 6.56. The summed E-state index contributed by atoms with van der Waals surface area (Å²) in [4.78, 5) is 17.2. The number of hydrogen-bond donors (Lipinski definition) is 1. The average Bonchev–Trinajstić information content (AvgIpc) is 3.55. The van der Waals surface area contributed by atoms with Gasteiger partial charge in [-0.3, -0.25) is 0 Å². The Bertz CT molecular complexity index is 1130. The largest absolute Gasteiger partial charge is 0.497 e. The van der Waals surface area contributed by atoms with Gasteiger partial charge in [0.15, 0.2) is 0 Å². The summed E-state index contributed by atoms with van der Waals surface area (Å²) in [6.45, 7) is 2.99. The first-order valence-corrected chi connectivity index (χ1v) is 10.6. The second-order valence-corrected chi connectivity index (χ2v) is 7.40. The predicted molar refractivity (Wildman–Crippen MR) is 116 cm³/mol. The molecule has 0 fully saturated rings. The molecule has 0 saturated heterocycles. The minimum absolute atomic E-state index is 0.294. The van der Waals surface area contributed by atoms with Crippen LogP contribution in [-0.2, 0) is 17.8 Å². The summed E-state index contributed by atoms with van der Waals surface area (Å²) in [7, 11) is 1.64. The van der Waals surface area contributed by atoms with Crippen LogP contribution in [-0.4, -0.2) is 34.5 Å². The summed E-state index contributed by atoms with van der Waals surface area (Å²) in [5.41, 5.74) is 2.89. The van der Waals surface area contributed by atoms with Gasteiger partial charge in [-0.25, -0.2) is 14.5 Å². The molecule has 160 valence electrons. The van der Waals surface area contributed by atoms with Gasteiger partial charge in [0.25, 0.3) is 0 Å². The Morgan fingerprint density at radius 2 is 2.06 bits per heavy atom. The highest BCUT2D eigenvalue weighted by Crippen LogP contribution is 2.27. The van der Waals surface area contributed by atoms with Crippen LogP contribution in [0.25, 0.3) is 16.4 Å². The van der Waals surface area contributed by atoms with E-state index in [4.69, 9.17) is 18.9 Å². The van der Waals surface area contributed by atoms with Crippen LogP contribution in [0.1, 0.15) is 28.7 Å². The van der Waals surface area contributed by atoms with Gasteiger partial charge in [-0.15, -0.1) is 11.3 Å². The molecule has 0 aliphatic rings. The molecular formula is C22H22N4O4S. The summed E-state index contributed by atoms with van der Waals surface area (Å²) in [5.74, 6) is 1.19. The van der Waals surface area contributed by atoms with Gasteiger partial charge >= 0.3 is 5.97 Å². The SMILES string of the molecule is CCOC(=O)c1cnn(-c2nc(-c3ccc(OC)cc3)cs2)c1CNCc1ccco1. The summed E-state index contributed by atoms with van der Waals surface area (Å²) in [5, 5.41) is 10.3. The van der Waals surface area contributed by atoms with Crippen molar-refractivity contribution < 1.29 is 18.7 Å². The molecule has 0 atom stereocenters. The second kappa shape index (κ2) is 9.59. The average molecular weight is 439 g/mol. The Labute approximate surface area is 183 Å². The minimum atomic E-state index is -0.407. The lowest BCUT2D eigenvalue weighted by Crippen LogP contribution is -2.18. The lowest BCUT2D eigenvalue weighted by Gasteiger charge is -2.08. The summed E-state index contributed by atoms with van der Waals surface area (Å²) in [6, 6.07) is 11.4. The van der Waals surface area contributed by atoms with Gasteiger partial charge in [0.2, 0.25) is 5.13 Å². The van der Waals surface area contributed by atoms with Crippen LogP contribution in [0.3, 0.4) is 0 Å². The van der Waals surface area contributed by atoms with E-state index < -0.39 is 5.97 Å². The lowest BCUT2D eigenvalue weighted by atomic mass is 10.2. The number of carbonyl (C=O) groups excluding carboxylic acids is 1. The van der Waals surface area contributed by atoms with Crippen LogP contribution in [0.15, 0.2) is 58.7 Å². The predicted octanol–water partition coefficient (Wildman–Crippen LogP) is 4.06. The first kappa shape index (κ1) is 20.8.